The molecule has 0 amide bonds. The Balaban J connectivity index is 2.69. The fraction of sp³-hybridized carbons (Fsp3) is 0.700. The lowest BCUT2D eigenvalue weighted by Crippen LogP contribution is -2.29. The Bertz CT molecular complexity index is 447. The molecule has 0 aliphatic heterocycles. The zero-order valence-electron chi connectivity index (χ0n) is 10.5. The van der Waals surface area contributed by atoms with Crippen LogP contribution in [0.25, 0.3) is 0 Å². The van der Waals surface area contributed by atoms with Crippen molar-refractivity contribution < 1.29 is 8.42 Å². The normalized spacial score (nSPS) is 13.9. The number of nitrogens with one attached hydrogen (secondary N) is 1. The molecule has 1 rings (SSSR count). The molecule has 0 radical (unpaired) electrons. The summed E-state index contributed by atoms with van der Waals surface area (Å²) in [5.74, 6) is 0.889. The van der Waals surface area contributed by atoms with Gasteiger partial charge in [0.2, 0.25) is 0 Å². The number of rotatable bonds is 6. The highest BCUT2D eigenvalue weighted by Gasteiger charge is 2.18. The maximum atomic E-state index is 11.9. The summed E-state index contributed by atoms with van der Waals surface area (Å²) in [6, 6.07) is 0. The van der Waals surface area contributed by atoms with Gasteiger partial charge in [-0.3, -0.25) is 0 Å². The molecule has 7 heteroatoms. The molecular formula is C10H20N4O2S. The maximum Gasteiger partial charge on any atom is 0.259 e. The molecule has 17 heavy (non-hydrogen) atoms. The van der Waals surface area contributed by atoms with E-state index in [4.69, 9.17) is 5.73 Å². The highest BCUT2D eigenvalue weighted by molar-refractivity contribution is 7.89. The fourth-order valence-electron chi connectivity index (χ4n) is 1.37. The van der Waals surface area contributed by atoms with Gasteiger partial charge in [-0.15, -0.1) is 0 Å². The minimum atomic E-state index is -3.50. The molecule has 0 aliphatic rings. The molecule has 0 fully saturated rings. The number of imidazole rings is 1. The van der Waals surface area contributed by atoms with Crippen molar-refractivity contribution >= 4 is 10.0 Å². The molecule has 0 aliphatic carbocycles. The van der Waals surface area contributed by atoms with Crippen LogP contribution < -0.4 is 10.5 Å². The third-order valence-electron chi connectivity index (χ3n) is 2.64. The van der Waals surface area contributed by atoms with Crippen molar-refractivity contribution in [3.63, 3.8) is 0 Å². The van der Waals surface area contributed by atoms with E-state index in [-0.39, 0.29) is 10.9 Å². The third kappa shape index (κ3) is 3.79. The van der Waals surface area contributed by atoms with Gasteiger partial charge in [-0.25, -0.2) is 18.1 Å². The van der Waals surface area contributed by atoms with Crippen LogP contribution >= 0.6 is 0 Å². The lowest BCUT2D eigenvalue weighted by atomic mass is 10.1. The van der Waals surface area contributed by atoms with Crippen molar-refractivity contribution in [3.8, 4) is 0 Å². The van der Waals surface area contributed by atoms with Gasteiger partial charge < -0.3 is 10.3 Å². The molecule has 0 saturated heterocycles. The summed E-state index contributed by atoms with van der Waals surface area (Å²) in [7, 11) is -1.74. The van der Waals surface area contributed by atoms with Gasteiger partial charge in [0.25, 0.3) is 10.0 Å². The van der Waals surface area contributed by atoms with Gasteiger partial charge in [-0.2, -0.15) is 0 Å². The molecule has 1 aromatic rings. The first-order valence-electron chi connectivity index (χ1n) is 5.56. The average molecular weight is 260 g/mol. The summed E-state index contributed by atoms with van der Waals surface area (Å²) in [5.41, 5.74) is 5.41. The Morgan fingerprint density at radius 3 is 2.71 bits per heavy atom. The summed E-state index contributed by atoms with van der Waals surface area (Å²) in [5, 5.41) is 0.0671. The zero-order chi connectivity index (χ0) is 13.1. The van der Waals surface area contributed by atoms with Gasteiger partial charge in [0, 0.05) is 19.8 Å². The van der Waals surface area contributed by atoms with Gasteiger partial charge in [-0.1, -0.05) is 6.92 Å². The minimum Gasteiger partial charge on any atom is -0.337 e. The SMILES string of the molecule is Cc1nc(S(=O)(=O)NCC(C)CCN)cn1C. The molecule has 0 aromatic carbocycles. The van der Waals surface area contributed by atoms with E-state index >= 15 is 0 Å². The minimum absolute atomic E-state index is 0.0671. The highest BCUT2D eigenvalue weighted by atomic mass is 32.2. The van der Waals surface area contributed by atoms with E-state index in [2.05, 4.69) is 9.71 Å². The predicted octanol–water partition coefficient (Wildman–Crippen LogP) is -0.00828. The molecule has 0 saturated carbocycles. The first-order chi connectivity index (χ1) is 7.86. The molecular weight excluding hydrogens is 240 g/mol. The summed E-state index contributed by atoms with van der Waals surface area (Å²) in [4.78, 5) is 3.99. The van der Waals surface area contributed by atoms with E-state index in [9.17, 15) is 8.42 Å². The van der Waals surface area contributed by atoms with Crippen LogP contribution in [-0.2, 0) is 17.1 Å². The first kappa shape index (κ1) is 14.1. The highest BCUT2D eigenvalue weighted by Crippen LogP contribution is 2.08. The Labute approximate surface area is 102 Å². The lowest BCUT2D eigenvalue weighted by molar-refractivity contribution is 0.514. The smallest absolute Gasteiger partial charge is 0.259 e. The van der Waals surface area contributed by atoms with Gasteiger partial charge in [0.05, 0.1) is 0 Å². The molecule has 1 aromatic heterocycles. The number of hydrogen-bond donors (Lipinski definition) is 2. The molecule has 0 spiro atoms. The van der Waals surface area contributed by atoms with Crippen LogP contribution in [0.4, 0.5) is 0 Å². The van der Waals surface area contributed by atoms with E-state index in [1.54, 1.807) is 18.5 Å². The Morgan fingerprint density at radius 2 is 2.24 bits per heavy atom. The van der Waals surface area contributed by atoms with Crippen LogP contribution in [0.2, 0.25) is 0 Å². The lowest BCUT2D eigenvalue weighted by Gasteiger charge is -2.10. The number of aromatic nitrogens is 2. The summed E-state index contributed by atoms with van der Waals surface area (Å²) >= 11 is 0. The van der Waals surface area contributed by atoms with Crippen LogP contribution in [0.15, 0.2) is 11.2 Å². The van der Waals surface area contributed by atoms with Crippen molar-refractivity contribution in [2.75, 3.05) is 13.1 Å². The average Bonchev–Trinajstić information content (AvgIpc) is 2.58. The quantitative estimate of drug-likeness (QED) is 0.753. The molecule has 3 N–H and O–H groups in total. The molecule has 0 bridgehead atoms. The van der Waals surface area contributed by atoms with E-state index in [1.165, 1.54) is 6.20 Å². The first-order valence-corrected chi connectivity index (χ1v) is 7.05. The largest absolute Gasteiger partial charge is 0.337 e. The van der Waals surface area contributed by atoms with Crippen LogP contribution in [0, 0.1) is 12.8 Å². The van der Waals surface area contributed by atoms with Crippen LogP contribution in [0.5, 0.6) is 0 Å². The number of nitrogens with zero attached hydrogens (tertiary/aromatic N) is 2. The second-order valence-electron chi connectivity index (χ2n) is 4.27. The van der Waals surface area contributed by atoms with Gasteiger partial charge in [-0.05, 0) is 25.8 Å². The Hall–Kier alpha value is -0.920. The van der Waals surface area contributed by atoms with E-state index in [0.29, 0.717) is 18.9 Å². The maximum absolute atomic E-state index is 11.9. The molecule has 6 nitrogen and oxygen atoms in total. The van der Waals surface area contributed by atoms with Gasteiger partial charge >= 0.3 is 0 Å². The number of sulfonamides is 1. The topological polar surface area (TPSA) is 90.0 Å². The number of hydrogen-bond acceptors (Lipinski definition) is 4. The monoisotopic (exact) mass is 260 g/mol. The van der Waals surface area contributed by atoms with Crippen LogP contribution in [-0.4, -0.2) is 31.1 Å². The molecule has 1 atom stereocenters. The third-order valence-corrected chi connectivity index (χ3v) is 3.94. The predicted molar refractivity (Wildman–Crippen MR) is 66.0 cm³/mol. The summed E-state index contributed by atoms with van der Waals surface area (Å²) < 4.78 is 28.0. The van der Waals surface area contributed by atoms with Crippen molar-refractivity contribution in [1.82, 2.24) is 14.3 Å². The van der Waals surface area contributed by atoms with Crippen LogP contribution in [0.3, 0.4) is 0 Å². The fourth-order valence-corrected chi connectivity index (χ4v) is 2.57. The molecule has 98 valence electrons. The van der Waals surface area contributed by atoms with Crippen molar-refractivity contribution in [2.24, 2.45) is 18.7 Å². The van der Waals surface area contributed by atoms with E-state index < -0.39 is 10.0 Å². The Kier molecular flexibility index (Phi) is 4.67. The Morgan fingerprint density at radius 1 is 1.59 bits per heavy atom. The standard InChI is InChI=1S/C10H20N4O2S/c1-8(4-5-11)6-12-17(15,16)10-7-14(3)9(2)13-10/h7-8,12H,4-6,11H2,1-3H3. The van der Waals surface area contributed by atoms with Crippen molar-refractivity contribution in [2.45, 2.75) is 25.3 Å². The zero-order valence-corrected chi connectivity index (χ0v) is 11.3. The molecule has 1 heterocycles. The summed E-state index contributed by atoms with van der Waals surface area (Å²) in [6.07, 6.45) is 2.30. The van der Waals surface area contributed by atoms with Crippen LogP contribution in [0.1, 0.15) is 19.2 Å². The number of nitrogens with two attached hydrogens (primary N) is 1. The van der Waals surface area contributed by atoms with Gasteiger partial charge in [0.15, 0.2) is 5.03 Å². The van der Waals surface area contributed by atoms with Gasteiger partial charge in [0.1, 0.15) is 5.82 Å². The van der Waals surface area contributed by atoms with E-state index in [0.717, 1.165) is 6.42 Å². The summed E-state index contributed by atoms with van der Waals surface area (Å²) in [6.45, 7) is 4.66. The van der Waals surface area contributed by atoms with Crippen molar-refractivity contribution in [3.05, 3.63) is 12.0 Å². The van der Waals surface area contributed by atoms with Crippen molar-refractivity contribution in [1.29, 1.82) is 0 Å². The second kappa shape index (κ2) is 5.61. The number of aryl methyl sites for hydroxylation is 2. The molecule has 1 unspecified atom stereocenters. The second-order valence-corrected chi connectivity index (χ2v) is 5.99. The van der Waals surface area contributed by atoms with E-state index in [1.807, 2.05) is 6.92 Å².